The van der Waals surface area contributed by atoms with Gasteiger partial charge in [0.05, 0.1) is 12.5 Å². The number of carbonyl (C=O) groups is 1. The van der Waals surface area contributed by atoms with Crippen molar-refractivity contribution in [1.82, 2.24) is 0 Å². The number of hydrogen-bond acceptors (Lipinski definition) is 3. The van der Waals surface area contributed by atoms with Crippen molar-refractivity contribution in [2.45, 2.75) is 96.5 Å². The van der Waals surface area contributed by atoms with Crippen molar-refractivity contribution in [1.29, 1.82) is 0 Å². The van der Waals surface area contributed by atoms with Crippen LogP contribution in [0, 0.1) is 35.0 Å². The highest BCUT2D eigenvalue weighted by Crippen LogP contribution is 2.69. The Morgan fingerprint density at radius 2 is 1.69 bits per heavy atom. The molecule has 176 valence electrons. The third-order valence-corrected chi connectivity index (χ3v) is 10.2. The Balaban J connectivity index is 1.38. The van der Waals surface area contributed by atoms with E-state index < -0.39 is 0 Å². The van der Waals surface area contributed by atoms with Gasteiger partial charge in [-0.05, 0) is 85.3 Å². The minimum absolute atomic E-state index is 0.0285. The number of carbonyl (C=O) groups excluding carboxylic acids is 1. The molecule has 0 N–H and O–H groups in total. The van der Waals surface area contributed by atoms with Crippen molar-refractivity contribution in [3.05, 3.63) is 29.8 Å². The predicted octanol–water partition coefficient (Wildman–Crippen LogP) is 6.93. The summed E-state index contributed by atoms with van der Waals surface area (Å²) in [4.78, 5) is 14.0. The highest BCUT2D eigenvalue weighted by Gasteiger charge is 2.67. The molecule has 0 bridgehead atoms. The van der Waals surface area contributed by atoms with Gasteiger partial charge in [-0.15, -0.1) is 0 Å². The van der Waals surface area contributed by atoms with Gasteiger partial charge in [0.15, 0.2) is 0 Å². The molecule has 3 heteroatoms. The molecule has 4 aliphatic rings. The van der Waals surface area contributed by atoms with Gasteiger partial charge in [0.2, 0.25) is 0 Å². The van der Waals surface area contributed by atoms with E-state index >= 15 is 0 Å². The Hall–Kier alpha value is -1.51. The summed E-state index contributed by atoms with van der Waals surface area (Å²) in [6.45, 7) is 7.01. The summed E-state index contributed by atoms with van der Waals surface area (Å²) >= 11 is 0. The fourth-order valence-corrected chi connectivity index (χ4v) is 8.44. The molecule has 0 amide bonds. The van der Waals surface area contributed by atoms with Crippen LogP contribution in [0.5, 0.6) is 5.75 Å². The van der Waals surface area contributed by atoms with E-state index in [0.717, 1.165) is 30.9 Å². The van der Waals surface area contributed by atoms with E-state index in [0.29, 0.717) is 23.7 Å². The van der Waals surface area contributed by atoms with Crippen LogP contribution in [0.15, 0.2) is 24.3 Å². The van der Waals surface area contributed by atoms with Crippen molar-refractivity contribution in [3.63, 3.8) is 0 Å². The molecule has 4 saturated carbocycles. The Kier molecular flexibility index (Phi) is 5.83. The third-order valence-electron chi connectivity index (χ3n) is 10.2. The van der Waals surface area contributed by atoms with Crippen LogP contribution in [0.2, 0.25) is 0 Å². The minimum atomic E-state index is -0.144. The van der Waals surface area contributed by atoms with Crippen LogP contribution < -0.4 is 4.74 Å². The zero-order valence-electron chi connectivity index (χ0n) is 20.6. The molecule has 4 aliphatic carbocycles. The van der Waals surface area contributed by atoms with Crippen molar-refractivity contribution in [2.24, 2.45) is 35.0 Å². The Labute approximate surface area is 194 Å². The zero-order chi connectivity index (χ0) is 22.5. The molecule has 0 spiro atoms. The lowest BCUT2D eigenvalue weighted by Crippen LogP contribution is -2.61. The summed E-state index contributed by atoms with van der Waals surface area (Å²) in [6, 6.07) is 8.51. The molecule has 0 radical (unpaired) electrons. The normalized spacial score (nSPS) is 38.9. The molecule has 32 heavy (non-hydrogen) atoms. The first-order valence-corrected chi connectivity index (χ1v) is 13.2. The summed E-state index contributed by atoms with van der Waals surface area (Å²) in [5.74, 6) is 4.06. The summed E-state index contributed by atoms with van der Waals surface area (Å²) < 4.78 is 12.0. The molecular formula is C29H42O3. The SMILES string of the molecule is COc1ccc(C(C)(C)[C@@H]2CC[C@@H](C)C[C@H]2OC(=O)[C@]23CCCC[C@@H]2[C@H]2CCC[C@@H]23)cc1. The Bertz CT molecular complexity index is 827. The average Bonchev–Trinajstić information content (AvgIpc) is 3.22. The smallest absolute Gasteiger partial charge is 0.312 e. The number of hydrogen-bond donors (Lipinski definition) is 0. The number of benzene rings is 1. The van der Waals surface area contributed by atoms with Gasteiger partial charge in [-0.1, -0.05) is 58.6 Å². The molecule has 0 aliphatic heterocycles. The molecule has 7 atom stereocenters. The van der Waals surface area contributed by atoms with E-state index in [1.54, 1.807) is 7.11 Å². The highest BCUT2D eigenvalue weighted by molar-refractivity contribution is 5.80. The van der Waals surface area contributed by atoms with Gasteiger partial charge in [0.25, 0.3) is 0 Å². The molecule has 3 nitrogen and oxygen atoms in total. The van der Waals surface area contributed by atoms with Crippen LogP contribution in [0.1, 0.15) is 90.5 Å². The number of rotatable bonds is 5. The second-order valence-corrected chi connectivity index (χ2v) is 12.0. The highest BCUT2D eigenvalue weighted by atomic mass is 16.5. The van der Waals surface area contributed by atoms with Gasteiger partial charge in [-0.3, -0.25) is 4.79 Å². The second kappa shape index (κ2) is 8.37. The molecule has 0 aromatic heterocycles. The minimum Gasteiger partial charge on any atom is -0.497 e. The van der Waals surface area contributed by atoms with E-state index in [4.69, 9.17) is 9.47 Å². The number of fused-ring (bicyclic) bond motifs is 4. The lowest BCUT2D eigenvalue weighted by atomic mass is 9.43. The molecule has 1 aromatic rings. The molecule has 0 saturated heterocycles. The van der Waals surface area contributed by atoms with Crippen LogP contribution in [0.4, 0.5) is 0 Å². The number of esters is 1. The van der Waals surface area contributed by atoms with Crippen LogP contribution in [-0.2, 0) is 14.9 Å². The van der Waals surface area contributed by atoms with E-state index in [1.165, 1.54) is 50.5 Å². The summed E-state index contributed by atoms with van der Waals surface area (Å²) in [7, 11) is 1.71. The predicted molar refractivity (Wildman–Crippen MR) is 128 cm³/mol. The molecular weight excluding hydrogens is 396 g/mol. The number of methoxy groups -OCH3 is 1. The van der Waals surface area contributed by atoms with Crippen molar-refractivity contribution in [2.75, 3.05) is 7.11 Å². The van der Waals surface area contributed by atoms with Gasteiger partial charge >= 0.3 is 5.97 Å². The van der Waals surface area contributed by atoms with Crippen LogP contribution >= 0.6 is 0 Å². The quantitative estimate of drug-likeness (QED) is 0.468. The third kappa shape index (κ3) is 3.41. The van der Waals surface area contributed by atoms with E-state index in [2.05, 4.69) is 45.0 Å². The zero-order valence-corrected chi connectivity index (χ0v) is 20.6. The van der Waals surface area contributed by atoms with Crippen molar-refractivity contribution < 1.29 is 14.3 Å². The topological polar surface area (TPSA) is 35.5 Å². The van der Waals surface area contributed by atoms with Crippen LogP contribution in [0.3, 0.4) is 0 Å². The van der Waals surface area contributed by atoms with Gasteiger partial charge in [0, 0.05) is 5.92 Å². The number of ether oxygens (including phenoxy) is 2. The Morgan fingerprint density at radius 1 is 0.969 bits per heavy atom. The Morgan fingerprint density at radius 3 is 2.41 bits per heavy atom. The van der Waals surface area contributed by atoms with E-state index in [1.807, 2.05) is 0 Å². The summed E-state index contributed by atoms with van der Waals surface area (Å²) in [6.07, 6.45) is 12.1. The van der Waals surface area contributed by atoms with E-state index in [-0.39, 0.29) is 22.9 Å². The summed E-state index contributed by atoms with van der Waals surface area (Å²) in [5.41, 5.74) is 1.12. The average molecular weight is 439 g/mol. The first-order chi connectivity index (χ1) is 15.4. The molecule has 4 fully saturated rings. The monoisotopic (exact) mass is 438 g/mol. The second-order valence-electron chi connectivity index (χ2n) is 12.0. The first-order valence-electron chi connectivity index (χ1n) is 13.2. The largest absolute Gasteiger partial charge is 0.497 e. The van der Waals surface area contributed by atoms with Crippen molar-refractivity contribution in [3.8, 4) is 5.75 Å². The van der Waals surface area contributed by atoms with Crippen molar-refractivity contribution >= 4 is 5.97 Å². The van der Waals surface area contributed by atoms with Gasteiger partial charge in [-0.25, -0.2) is 0 Å². The fourth-order valence-electron chi connectivity index (χ4n) is 8.44. The van der Waals surface area contributed by atoms with Gasteiger partial charge in [0.1, 0.15) is 11.9 Å². The van der Waals surface area contributed by atoms with Gasteiger partial charge < -0.3 is 9.47 Å². The van der Waals surface area contributed by atoms with Gasteiger partial charge in [-0.2, -0.15) is 0 Å². The molecule has 0 heterocycles. The lowest BCUT2D eigenvalue weighted by Gasteiger charge is -2.60. The van der Waals surface area contributed by atoms with E-state index in [9.17, 15) is 4.79 Å². The standard InChI is InChI=1S/C29H42O3/c1-19-11-16-25(28(2,3)20-12-14-21(31-4)15-13-20)26(18-19)32-27(30)29-17-6-5-9-23(29)22-8-7-10-24(22)29/h12-15,19,22-26H,5-11,16-18H2,1-4H3/t19-,22-,23-,24+,25-,26-,29-/m1/s1. The maximum Gasteiger partial charge on any atom is 0.312 e. The van der Waals surface area contributed by atoms with Crippen LogP contribution in [0.25, 0.3) is 0 Å². The maximum absolute atomic E-state index is 14.0. The summed E-state index contributed by atoms with van der Waals surface area (Å²) in [5, 5.41) is 0. The molecule has 5 rings (SSSR count). The van der Waals surface area contributed by atoms with Crippen LogP contribution in [-0.4, -0.2) is 19.2 Å². The maximum atomic E-state index is 14.0. The lowest BCUT2D eigenvalue weighted by molar-refractivity contribution is -0.207. The molecule has 0 unspecified atom stereocenters. The fraction of sp³-hybridized carbons (Fsp3) is 0.759. The first kappa shape index (κ1) is 22.3. The molecule has 1 aromatic carbocycles.